The summed E-state index contributed by atoms with van der Waals surface area (Å²) in [6.07, 6.45) is 6.02. The number of halogens is 1. The van der Waals surface area contributed by atoms with Crippen LogP contribution in [0.15, 0.2) is 12.4 Å². The summed E-state index contributed by atoms with van der Waals surface area (Å²) in [6.45, 7) is 1.40. The van der Waals surface area contributed by atoms with Crippen molar-refractivity contribution in [1.82, 2.24) is 15.3 Å². The molecule has 1 aliphatic carbocycles. The van der Waals surface area contributed by atoms with Crippen molar-refractivity contribution in [3.63, 3.8) is 0 Å². The van der Waals surface area contributed by atoms with Crippen molar-refractivity contribution >= 4 is 17.5 Å². The van der Waals surface area contributed by atoms with Crippen molar-refractivity contribution in [2.75, 3.05) is 20.3 Å². The predicted molar refractivity (Wildman–Crippen MR) is 67.5 cm³/mol. The van der Waals surface area contributed by atoms with Crippen LogP contribution < -0.4 is 5.32 Å². The predicted octanol–water partition coefficient (Wildman–Crippen LogP) is 1.68. The molecule has 1 aromatic heterocycles. The summed E-state index contributed by atoms with van der Waals surface area (Å²) in [7, 11) is 1.69. The Kier molecular flexibility index (Phi) is 4.14. The Hall–Kier alpha value is -1.20. The first-order valence-electron chi connectivity index (χ1n) is 5.90. The topological polar surface area (TPSA) is 64.1 Å². The van der Waals surface area contributed by atoms with Gasteiger partial charge in [0.25, 0.3) is 5.91 Å². The number of methoxy groups -OCH3 is 1. The molecule has 0 radical (unpaired) electrons. The van der Waals surface area contributed by atoms with E-state index in [9.17, 15) is 4.79 Å². The van der Waals surface area contributed by atoms with Gasteiger partial charge in [0.1, 0.15) is 10.8 Å². The van der Waals surface area contributed by atoms with Crippen LogP contribution in [0.5, 0.6) is 0 Å². The Morgan fingerprint density at radius 3 is 2.83 bits per heavy atom. The number of rotatable bonds is 6. The summed E-state index contributed by atoms with van der Waals surface area (Å²) in [5.41, 5.74) is 0.521. The van der Waals surface area contributed by atoms with E-state index in [2.05, 4.69) is 15.3 Å². The van der Waals surface area contributed by atoms with Crippen molar-refractivity contribution in [3.05, 3.63) is 23.2 Å². The lowest BCUT2D eigenvalue weighted by Crippen LogP contribution is -2.31. The summed E-state index contributed by atoms with van der Waals surface area (Å²) >= 11 is 5.61. The van der Waals surface area contributed by atoms with Gasteiger partial charge in [0.05, 0.1) is 12.4 Å². The summed E-state index contributed by atoms with van der Waals surface area (Å²) in [5, 5.41) is 3.17. The number of hydrogen-bond acceptors (Lipinski definition) is 4. The Balaban J connectivity index is 1.83. The van der Waals surface area contributed by atoms with Gasteiger partial charge in [-0.15, -0.1) is 0 Å². The number of aromatic nitrogens is 2. The number of carbonyl (C=O) groups excluding carboxylic acids is 1. The van der Waals surface area contributed by atoms with Crippen LogP contribution in [-0.4, -0.2) is 36.1 Å². The minimum absolute atomic E-state index is 0.206. The Labute approximate surface area is 111 Å². The normalized spacial score (nSPS) is 16.3. The van der Waals surface area contributed by atoms with Gasteiger partial charge in [-0.25, -0.2) is 9.97 Å². The van der Waals surface area contributed by atoms with Crippen LogP contribution in [0.1, 0.15) is 29.8 Å². The quantitative estimate of drug-likeness (QED) is 0.853. The van der Waals surface area contributed by atoms with Gasteiger partial charge in [-0.05, 0) is 24.7 Å². The fourth-order valence-corrected chi connectivity index (χ4v) is 1.90. The molecule has 1 fully saturated rings. The summed E-state index contributed by atoms with van der Waals surface area (Å²) in [6, 6.07) is 0. The second-order valence-electron chi connectivity index (χ2n) is 4.65. The van der Waals surface area contributed by atoms with E-state index in [4.69, 9.17) is 16.3 Å². The molecule has 2 rings (SSSR count). The van der Waals surface area contributed by atoms with Crippen molar-refractivity contribution in [2.45, 2.75) is 19.3 Å². The largest absolute Gasteiger partial charge is 0.385 e. The molecule has 6 heteroatoms. The van der Waals surface area contributed by atoms with Gasteiger partial charge >= 0.3 is 0 Å². The number of nitrogens with one attached hydrogen (secondary N) is 1. The van der Waals surface area contributed by atoms with Crippen LogP contribution in [0.3, 0.4) is 0 Å². The highest BCUT2D eigenvalue weighted by molar-refractivity contribution is 6.29. The molecule has 0 unspecified atom stereocenters. The Bertz CT molecular complexity index is 418. The van der Waals surface area contributed by atoms with Crippen LogP contribution in [0.4, 0.5) is 0 Å². The number of nitrogens with zero attached hydrogens (tertiary/aromatic N) is 2. The molecule has 1 heterocycles. The first-order valence-corrected chi connectivity index (χ1v) is 6.28. The van der Waals surface area contributed by atoms with E-state index >= 15 is 0 Å². The second-order valence-corrected chi connectivity index (χ2v) is 5.04. The number of carbonyl (C=O) groups is 1. The molecule has 0 aliphatic heterocycles. The highest BCUT2D eigenvalue weighted by atomic mass is 35.5. The van der Waals surface area contributed by atoms with Gasteiger partial charge in [0.2, 0.25) is 0 Å². The third-order valence-electron chi connectivity index (χ3n) is 3.27. The molecule has 0 bridgehead atoms. The van der Waals surface area contributed by atoms with Crippen molar-refractivity contribution in [1.29, 1.82) is 0 Å². The van der Waals surface area contributed by atoms with Gasteiger partial charge in [-0.1, -0.05) is 11.6 Å². The SMILES string of the molecule is COCCC1(CNC(=O)c2cnc(Cl)cn2)CC1. The average Bonchev–Trinajstić information content (AvgIpc) is 3.15. The number of hydrogen-bond donors (Lipinski definition) is 1. The Morgan fingerprint density at radius 1 is 1.50 bits per heavy atom. The maximum atomic E-state index is 11.8. The minimum Gasteiger partial charge on any atom is -0.385 e. The van der Waals surface area contributed by atoms with E-state index < -0.39 is 0 Å². The molecule has 0 spiro atoms. The third kappa shape index (κ3) is 3.40. The monoisotopic (exact) mass is 269 g/mol. The number of amides is 1. The molecule has 1 N–H and O–H groups in total. The average molecular weight is 270 g/mol. The molecule has 0 aromatic carbocycles. The Morgan fingerprint density at radius 2 is 2.28 bits per heavy atom. The first-order chi connectivity index (χ1) is 8.65. The van der Waals surface area contributed by atoms with Gasteiger partial charge in [-0.2, -0.15) is 0 Å². The zero-order valence-electron chi connectivity index (χ0n) is 10.3. The first kappa shape index (κ1) is 13.2. The molecular weight excluding hydrogens is 254 g/mol. The fourth-order valence-electron chi connectivity index (χ4n) is 1.80. The van der Waals surface area contributed by atoms with E-state index in [1.807, 2.05) is 0 Å². The molecule has 1 aromatic rings. The molecule has 98 valence electrons. The van der Waals surface area contributed by atoms with Crippen LogP contribution in [0.2, 0.25) is 5.15 Å². The lowest BCUT2D eigenvalue weighted by molar-refractivity contribution is 0.0932. The zero-order chi connectivity index (χ0) is 13.0. The van der Waals surface area contributed by atoms with E-state index in [0.29, 0.717) is 12.2 Å². The molecule has 1 saturated carbocycles. The second kappa shape index (κ2) is 5.63. The summed E-state index contributed by atoms with van der Waals surface area (Å²) < 4.78 is 5.07. The van der Waals surface area contributed by atoms with Crippen LogP contribution in [-0.2, 0) is 4.74 Å². The van der Waals surface area contributed by atoms with Crippen LogP contribution >= 0.6 is 11.6 Å². The van der Waals surface area contributed by atoms with Crippen molar-refractivity contribution < 1.29 is 9.53 Å². The van der Waals surface area contributed by atoms with Crippen LogP contribution in [0.25, 0.3) is 0 Å². The van der Waals surface area contributed by atoms with E-state index in [1.54, 1.807) is 7.11 Å². The molecule has 18 heavy (non-hydrogen) atoms. The standard InChI is InChI=1S/C12H16ClN3O2/c1-18-5-4-12(2-3-12)8-16-11(17)9-6-15-10(13)7-14-9/h6-7H,2-5,8H2,1H3,(H,16,17). The molecule has 0 saturated heterocycles. The lowest BCUT2D eigenvalue weighted by Gasteiger charge is -2.15. The van der Waals surface area contributed by atoms with Crippen LogP contribution in [0, 0.1) is 5.41 Å². The third-order valence-corrected chi connectivity index (χ3v) is 3.47. The molecular formula is C12H16ClN3O2. The number of ether oxygens (including phenoxy) is 1. The summed E-state index contributed by atoms with van der Waals surface area (Å²) in [4.78, 5) is 19.6. The van der Waals surface area contributed by atoms with Gasteiger partial charge < -0.3 is 10.1 Å². The van der Waals surface area contributed by atoms with Gasteiger partial charge in [0, 0.05) is 20.3 Å². The zero-order valence-corrected chi connectivity index (χ0v) is 11.0. The highest BCUT2D eigenvalue weighted by Crippen LogP contribution is 2.48. The molecule has 0 atom stereocenters. The minimum atomic E-state index is -0.206. The van der Waals surface area contributed by atoms with E-state index in [0.717, 1.165) is 25.9 Å². The lowest BCUT2D eigenvalue weighted by atomic mass is 10.0. The van der Waals surface area contributed by atoms with Gasteiger partial charge in [-0.3, -0.25) is 4.79 Å². The fraction of sp³-hybridized carbons (Fsp3) is 0.583. The highest BCUT2D eigenvalue weighted by Gasteiger charge is 2.42. The van der Waals surface area contributed by atoms with Crippen molar-refractivity contribution in [2.24, 2.45) is 5.41 Å². The smallest absolute Gasteiger partial charge is 0.271 e. The molecule has 5 nitrogen and oxygen atoms in total. The maximum Gasteiger partial charge on any atom is 0.271 e. The molecule has 1 aliphatic rings. The molecule has 1 amide bonds. The van der Waals surface area contributed by atoms with E-state index in [-0.39, 0.29) is 16.5 Å². The van der Waals surface area contributed by atoms with Crippen molar-refractivity contribution in [3.8, 4) is 0 Å². The van der Waals surface area contributed by atoms with E-state index in [1.165, 1.54) is 12.4 Å². The van der Waals surface area contributed by atoms with Gasteiger partial charge in [0.15, 0.2) is 0 Å². The summed E-state index contributed by atoms with van der Waals surface area (Å²) in [5.74, 6) is -0.206. The maximum absolute atomic E-state index is 11.8.